The Kier molecular flexibility index (Phi) is 5.25. The summed E-state index contributed by atoms with van der Waals surface area (Å²) in [5.74, 6) is 1.85. The number of fused-ring (bicyclic) bond motifs is 2. The van der Waals surface area contributed by atoms with Crippen LogP contribution in [0.2, 0.25) is 0 Å². The van der Waals surface area contributed by atoms with Gasteiger partial charge < -0.3 is 14.4 Å². The van der Waals surface area contributed by atoms with Gasteiger partial charge in [-0.15, -0.1) is 0 Å². The minimum Gasteiger partial charge on any atom is -0.486 e. The molecule has 2 fully saturated rings. The molecule has 33 heavy (non-hydrogen) atoms. The fourth-order valence-corrected chi connectivity index (χ4v) is 5.72. The van der Waals surface area contributed by atoms with E-state index in [4.69, 9.17) is 14.5 Å². The summed E-state index contributed by atoms with van der Waals surface area (Å²) in [5, 5.41) is 1.28. The van der Waals surface area contributed by atoms with Gasteiger partial charge in [0.1, 0.15) is 13.2 Å². The molecule has 3 aromatic rings. The van der Waals surface area contributed by atoms with Gasteiger partial charge in [0, 0.05) is 12.6 Å². The van der Waals surface area contributed by atoms with E-state index < -0.39 is 0 Å². The molecule has 6 rings (SSSR count). The van der Waals surface area contributed by atoms with Crippen LogP contribution in [0.25, 0.3) is 10.9 Å². The van der Waals surface area contributed by atoms with Crippen LogP contribution in [-0.4, -0.2) is 45.9 Å². The van der Waals surface area contributed by atoms with Crippen molar-refractivity contribution in [1.29, 1.82) is 0 Å². The molecule has 1 saturated heterocycles. The molecule has 1 amide bonds. The molecule has 7 nitrogen and oxygen atoms in total. The zero-order valence-corrected chi connectivity index (χ0v) is 19.1. The SMILES string of the molecule is O=C(CSc1nc2ccccc2c(=O)n1C1CC1)N1CCCC1c1ccc2c(c1)OCCO2. The van der Waals surface area contributed by atoms with E-state index in [0.29, 0.717) is 29.3 Å². The first-order valence-corrected chi connectivity index (χ1v) is 12.5. The number of rotatable bonds is 5. The van der Waals surface area contributed by atoms with Crippen LogP contribution in [0, 0.1) is 0 Å². The Morgan fingerprint density at radius 2 is 1.88 bits per heavy atom. The highest BCUT2D eigenvalue weighted by Crippen LogP contribution is 2.39. The summed E-state index contributed by atoms with van der Waals surface area (Å²) in [5.41, 5.74) is 1.76. The summed E-state index contributed by atoms with van der Waals surface area (Å²) in [7, 11) is 0. The fraction of sp³-hybridized carbons (Fsp3) is 0.400. The normalized spacial score (nSPS) is 19.8. The molecule has 1 unspecified atom stereocenters. The van der Waals surface area contributed by atoms with Crippen LogP contribution in [-0.2, 0) is 4.79 Å². The Labute approximate surface area is 195 Å². The Morgan fingerprint density at radius 3 is 2.73 bits per heavy atom. The molecule has 2 aromatic carbocycles. The highest BCUT2D eigenvalue weighted by molar-refractivity contribution is 7.99. The van der Waals surface area contributed by atoms with Gasteiger partial charge >= 0.3 is 0 Å². The largest absolute Gasteiger partial charge is 0.486 e. The zero-order chi connectivity index (χ0) is 22.4. The predicted octanol–water partition coefficient (Wildman–Crippen LogP) is 3.96. The van der Waals surface area contributed by atoms with E-state index >= 15 is 0 Å². The number of amides is 1. The van der Waals surface area contributed by atoms with Gasteiger partial charge in [-0.3, -0.25) is 14.2 Å². The van der Waals surface area contributed by atoms with Crippen molar-refractivity contribution in [2.75, 3.05) is 25.5 Å². The molecule has 170 valence electrons. The lowest BCUT2D eigenvalue weighted by molar-refractivity contribution is -0.129. The van der Waals surface area contributed by atoms with Gasteiger partial charge in [-0.25, -0.2) is 4.98 Å². The predicted molar refractivity (Wildman–Crippen MR) is 126 cm³/mol. The third kappa shape index (κ3) is 3.86. The second-order valence-electron chi connectivity index (χ2n) is 8.75. The molecule has 8 heteroatoms. The fourth-order valence-electron chi connectivity index (χ4n) is 4.77. The minimum atomic E-state index is -0.00613. The van der Waals surface area contributed by atoms with E-state index in [1.165, 1.54) is 11.8 Å². The number of carbonyl (C=O) groups excluding carboxylic acids is 1. The van der Waals surface area contributed by atoms with Crippen molar-refractivity contribution in [3.8, 4) is 11.5 Å². The molecule has 1 aromatic heterocycles. The summed E-state index contributed by atoms with van der Waals surface area (Å²) >= 11 is 1.38. The number of likely N-dealkylation sites (tertiary alicyclic amines) is 1. The quantitative estimate of drug-likeness (QED) is 0.421. The number of hydrogen-bond acceptors (Lipinski definition) is 6. The van der Waals surface area contributed by atoms with Gasteiger partial charge in [0.2, 0.25) is 5.91 Å². The molecule has 3 heterocycles. The first kappa shape index (κ1) is 20.6. The maximum atomic E-state index is 13.3. The van der Waals surface area contributed by atoms with Crippen LogP contribution in [0.1, 0.15) is 43.3 Å². The summed E-state index contributed by atoms with van der Waals surface area (Å²) in [6.07, 6.45) is 3.87. The summed E-state index contributed by atoms with van der Waals surface area (Å²) in [4.78, 5) is 33.1. The van der Waals surface area contributed by atoms with Crippen molar-refractivity contribution in [3.05, 3.63) is 58.4 Å². The molecule has 1 atom stereocenters. The lowest BCUT2D eigenvalue weighted by Gasteiger charge is -2.27. The van der Waals surface area contributed by atoms with Crippen LogP contribution < -0.4 is 15.0 Å². The van der Waals surface area contributed by atoms with Crippen molar-refractivity contribution in [1.82, 2.24) is 14.5 Å². The van der Waals surface area contributed by atoms with E-state index in [-0.39, 0.29) is 29.3 Å². The number of thioether (sulfide) groups is 1. The van der Waals surface area contributed by atoms with Gasteiger partial charge in [0.05, 0.1) is 22.7 Å². The number of para-hydroxylation sites is 1. The molecular weight excluding hydrogens is 438 g/mol. The summed E-state index contributed by atoms with van der Waals surface area (Å²) < 4.78 is 13.2. The Bertz CT molecular complexity index is 1290. The van der Waals surface area contributed by atoms with Gasteiger partial charge in [0.25, 0.3) is 5.56 Å². The van der Waals surface area contributed by atoms with Crippen LogP contribution in [0.5, 0.6) is 11.5 Å². The average molecular weight is 464 g/mol. The van der Waals surface area contributed by atoms with Crippen LogP contribution >= 0.6 is 11.8 Å². The molecule has 2 aliphatic heterocycles. The van der Waals surface area contributed by atoms with Crippen molar-refractivity contribution in [2.24, 2.45) is 0 Å². The van der Waals surface area contributed by atoms with Crippen molar-refractivity contribution >= 4 is 28.6 Å². The smallest absolute Gasteiger partial charge is 0.262 e. The number of aromatic nitrogens is 2. The van der Waals surface area contributed by atoms with E-state index in [1.807, 2.05) is 47.4 Å². The topological polar surface area (TPSA) is 73.7 Å². The zero-order valence-electron chi connectivity index (χ0n) is 18.2. The minimum absolute atomic E-state index is 0.00613. The van der Waals surface area contributed by atoms with E-state index in [1.54, 1.807) is 4.57 Å². The Hall–Kier alpha value is -3.00. The monoisotopic (exact) mass is 463 g/mol. The molecule has 3 aliphatic rings. The van der Waals surface area contributed by atoms with Crippen LogP contribution in [0.4, 0.5) is 0 Å². The highest BCUT2D eigenvalue weighted by atomic mass is 32.2. The maximum Gasteiger partial charge on any atom is 0.262 e. The lowest BCUT2D eigenvalue weighted by atomic mass is 10.0. The van der Waals surface area contributed by atoms with E-state index in [9.17, 15) is 9.59 Å². The Morgan fingerprint density at radius 1 is 1.06 bits per heavy atom. The number of ether oxygens (including phenoxy) is 2. The van der Waals surface area contributed by atoms with Crippen molar-refractivity contribution < 1.29 is 14.3 Å². The van der Waals surface area contributed by atoms with E-state index in [0.717, 1.165) is 49.3 Å². The number of benzene rings is 2. The van der Waals surface area contributed by atoms with Gasteiger partial charge in [-0.1, -0.05) is 30.0 Å². The van der Waals surface area contributed by atoms with Gasteiger partial charge in [-0.2, -0.15) is 0 Å². The molecule has 0 radical (unpaired) electrons. The standard InChI is InChI=1S/C25H25N3O4S/c29-23(27-11-3-6-20(27)16-7-10-21-22(14-16)32-13-12-31-21)15-33-25-26-19-5-2-1-4-18(19)24(30)28(25)17-8-9-17/h1-2,4-5,7,10,14,17,20H,3,6,8-9,11-13,15H2. The molecular formula is C25H25N3O4S. The first-order valence-electron chi connectivity index (χ1n) is 11.5. The third-order valence-electron chi connectivity index (χ3n) is 6.54. The van der Waals surface area contributed by atoms with Crippen LogP contribution in [0.15, 0.2) is 52.4 Å². The molecule has 0 N–H and O–H groups in total. The first-order chi connectivity index (χ1) is 16.2. The third-order valence-corrected chi connectivity index (χ3v) is 7.47. The summed E-state index contributed by atoms with van der Waals surface area (Å²) in [6.45, 7) is 1.84. The number of carbonyl (C=O) groups is 1. The molecule has 1 aliphatic carbocycles. The van der Waals surface area contributed by atoms with Crippen molar-refractivity contribution in [2.45, 2.75) is 42.9 Å². The number of hydrogen-bond donors (Lipinski definition) is 0. The average Bonchev–Trinajstić information content (AvgIpc) is 3.56. The maximum absolute atomic E-state index is 13.3. The summed E-state index contributed by atoms with van der Waals surface area (Å²) in [6, 6.07) is 13.6. The number of nitrogens with zero attached hydrogens (tertiary/aromatic N) is 3. The molecule has 0 bridgehead atoms. The van der Waals surface area contributed by atoms with Crippen molar-refractivity contribution in [3.63, 3.8) is 0 Å². The highest BCUT2D eigenvalue weighted by Gasteiger charge is 2.32. The van der Waals surface area contributed by atoms with Gasteiger partial charge in [0.15, 0.2) is 16.7 Å². The van der Waals surface area contributed by atoms with Crippen LogP contribution in [0.3, 0.4) is 0 Å². The van der Waals surface area contributed by atoms with E-state index in [2.05, 4.69) is 0 Å². The second-order valence-corrected chi connectivity index (χ2v) is 9.70. The lowest BCUT2D eigenvalue weighted by Crippen LogP contribution is -2.32. The van der Waals surface area contributed by atoms with Gasteiger partial charge in [-0.05, 0) is 55.5 Å². The molecule has 1 saturated carbocycles. The Balaban J connectivity index is 1.23. The molecule has 0 spiro atoms. The second kappa shape index (κ2) is 8.41.